The number of carbonyl (C=O) groups is 1. The fraction of sp³-hybridized carbons (Fsp3) is 0.0588. The standard InChI is InChI=1S/C17H14N8O/c26-17(16-11-24(22-20-16)10-13-5-2-1-3-6-13)19-14-7-4-8-15(9-14)25-12-18-21-23-25/h1-9,11-12H,10H2,(H,19,26). The van der Waals surface area contributed by atoms with Crippen LogP contribution in [0.3, 0.4) is 0 Å². The predicted molar refractivity (Wildman–Crippen MR) is 92.7 cm³/mol. The van der Waals surface area contributed by atoms with Crippen molar-refractivity contribution in [2.45, 2.75) is 6.54 Å². The first kappa shape index (κ1) is 15.6. The molecular weight excluding hydrogens is 332 g/mol. The molecule has 2 heterocycles. The lowest BCUT2D eigenvalue weighted by Gasteiger charge is -2.05. The molecule has 1 N–H and O–H groups in total. The van der Waals surface area contributed by atoms with Crippen LogP contribution in [0.15, 0.2) is 67.1 Å². The van der Waals surface area contributed by atoms with Gasteiger partial charge in [-0.15, -0.1) is 10.2 Å². The van der Waals surface area contributed by atoms with Crippen LogP contribution in [-0.4, -0.2) is 41.1 Å². The highest BCUT2D eigenvalue weighted by molar-refractivity contribution is 6.02. The molecule has 4 rings (SSSR count). The van der Waals surface area contributed by atoms with Gasteiger partial charge in [0.15, 0.2) is 5.69 Å². The number of nitrogens with zero attached hydrogens (tertiary/aromatic N) is 7. The fourth-order valence-corrected chi connectivity index (χ4v) is 2.45. The lowest BCUT2D eigenvalue weighted by atomic mass is 10.2. The summed E-state index contributed by atoms with van der Waals surface area (Å²) in [5.74, 6) is -0.335. The summed E-state index contributed by atoms with van der Waals surface area (Å²) in [6, 6.07) is 17.0. The largest absolute Gasteiger partial charge is 0.320 e. The van der Waals surface area contributed by atoms with Gasteiger partial charge in [0, 0.05) is 5.69 Å². The van der Waals surface area contributed by atoms with E-state index in [1.807, 2.05) is 36.4 Å². The maximum absolute atomic E-state index is 12.4. The molecule has 0 spiro atoms. The molecule has 0 unspecified atom stereocenters. The highest BCUT2D eigenvalue weighted by Crippen LogP contribution is 2.14. The minimum absolute atomic E-state index is 0.244. The molecular formula is C17H14N8O. The van der Waals surface area contributed by atoms with Crippen LogP contribution in [0.5, 0.6) is 0 Å². The first-order chi connectivity index (χ1) is 12.8. The van der Waals surface area contributed by atoms with E-state index in [9.17, 15) is 4.79 Å². The fourth-order valence-electron chi connectivity index (χ4n) is 2.45. The summed E-state index contributed by atoms with van der Waals surface area (Å²) in [6.07, 6.45) is 3.10. The van der Waals surface area contributed by atoms with Gasteiger partial charge in [0.2, 0.25) is 0 Å². The van der Waals surface area contributed by atoms with E-state index in [4.69, 9.17) is 0 Å². The van der Waals surface area contributed by atoms with Crippen LogP contribution >= 0.6 is 0 Å². The van der Waals surface area contributed by atoms with Crippen LogP contribution in [-0.2, 0) is 6.54 Å². The smallest absolute Gasteiger partial charge is 0.277 e. The zero-order valence-corrected chi connectivity index (χ0v) is 13.6. The molecule has 2 aromatic heterocycles. The third-order valence-electron chi connectivity index (χ3n) is 3.68. The quantitative estimate of drug-likeness (QED) is 0.588. The van der Waals surface area contributed by atoms with Gasteiger partial charge >= 0.3 is 0 Å². The minimum Gasteiger partial charge on any atom is -0.320 e. The van der Waals surface area contributed by atoms with Crippen LogP contribution in [0.1, 0.15) is 16.1 Å². The zero-order valence-electron chi connectivity index (χ0n) is 13.6. The van der Waals surface area contributed by atoms with Crippen molar-refractivity contribution in [2.75, 3.05) is 5.32 Å². The Balaban J connectivity index is 1.46. The van der Waals surface area contributed by atoms with Crippen molar-refractivity contribution in [1.29, 1.82) is 0 Å². The third-order valence-corrected chi connectivity index (χ3v) is 3.68. The molecule has 0 radical (unpaired) electrons. The van der Waals surface area contributed by atoms with Gasteiger partial charge in [-0.2, -0.15) is 0 Å². The molecule has 4 aromatic rings. The molecule has 0 saturated carbocycles. The van der Waals surface area contributed by atoms with Crippen molar-refractivity contribution < 1.29 is 4.79 Å². The van der Waals surface area contributed by atoms with E-state index in [2.05, 4.69) is 31.2 Å². The third kappa shape index (κ3) is 3.46. The number of rotatable bonds is 5. The molecule has 9 heteroatoms. The van der Waals surface area contributed by atoms with Gasteiger partial charge in [-0.1, -0.05) is 41.6 Å². The van der Waals surface area contributed by atoms with E-state index in [0.29, 0.717) is 12.2 Å². The molecule has 0 aliphatic carbocycles. The van der Waals surface area contributed by atoms with E-state index >= 15 is 0 Å². The van der Waals surface area contributed by atoms with Crippen molar-refractivity contribution in [2.24, 2.45) is 0 Å². The second-order valence-electron chi connectivity index (χ2n) is 5.55. The average Bonchev–Trinajstić information content (AvgIpc) is 3.35. The number of nitrogens with one attached hydrogen (secondary N) is 1. The number of anilines is 1. The summed E-state index contributed by atoms with van der Waals surface area (Å²) in [5, 5.41) is 21.8. The molecule has 0 bridgehead atoms. The normalized spacial score (nSPS) is 10.6. The monoisotopic (exact) mass is 346 g/mol. The Kier molecular flexibility index (Phi) is 4.17. The van der Waals surface area contributed by atoms with Crippen LogP contribution in [0, 0.1) is 0 Å². The van der Waals surface area contributed by atoms with Crippen molar-refractivity contribution >= 4 is 11.6 Å². The van der Waals surface area contributed by atoms with Gasteiger partial charge in [-0.3, -0.25) is 4.79 Å². The summed E-state index contributed by atoms with van der Waals surface area (Å²) < 4.78 is 3.13. The number of hydrogen-bond acceptors (Lipinski definition) is 6. The number of tetrazole rings is 1. The Morgan fingerprint density at radius 1 is 1.04 bits per heavy atom. The first-order valence-electron chi connectivity index (χ1n) is 7.87. The van der Waals surface area contributed by atoms with Crippen LogP contribution < -0.4 is 5.32 Å². The molecule has 0 aliphatic rings. The van der Waals surface area contributed by atoms with Crippen molar-refractivity contribution in [1.82, 2.24) is 35.2 Å². The molecule has 0 aliphatic heterocycles. The summed E-state index contributed by atoms with van der Waals surface area (Å²) in [6.45, 7) is 0.551. The second-order valence-corrected chi connectivity index (χ2v) is 5.55. The van der Waals surface area contributed by atoms with E-state index in [0.717, 1.165) is 11.3 Å². The maximum Gasteiger partial charge on any atom is 0.277 e. The van der Waals surface area contributed by atoms with Gasteiger partial charge < -0.3 is 5.32 Å². The van der Waals surface area contributed by atoms with Gasteiger partial charge in [-0.25, -0.2) is 9.36 Å². The SMILES string of the molecule is O=C(Nc1cccc(-n2cnnn2)c1)c1cn(Cc2ccccc2)nn1. The summed E-state index contributed by atoms with van der Waals surface area (Å²) >= 11 is 0. The Labute approximate surface area is 148 Å². The number of benzene rings is 2. The van der Waals surface area contributed by atoms with Gasteiger partial charge in [0.1, 0.15) is 6.33 Å². The number of hydrogen-bond donors (Lipinski definition) is 1. The molecule has 9 nitrogen and oxygen atoms in total. The Hall–Kier alpha value is -3.88. The van der Waals surface area contributed by atoms with Crippen LogP contribution in [0.4, 0.5) is 5.69 Å². The lowest BCUT2D eigenvalue weighted by Crippen LogP contribution is -2.12. The highest BCUT2D eigenvalue weighted by atomic mass is 16.2. The Morgan fingerprint density at radius 2 is 1.92 bits per heavy atom. The molecule has 2 aromatic carbocycles. The first-order valence-corrected chi connectivity index (χ1v) is 7.87. The number of amides is 1. The molecule has 0 atom stereocenters. The van der Waals surface area contributed by atoms with E-state index in [-0.39, 0.29) is 11.6 Å². The van der Waals surface area contributed by atoms with E-state index in [1.54, 1.807) is 29.1 Å². The van der Waals surface area contributed by atoms with E-state index in [1.165, 1.54) is 11.0 Å². The molecule has 0 saturated heterocycles. The molecule has 1 amide bonds. The maximum atomic E-state index is 12.4. The van der Waals surface area contributed by atoms with Crippen molar-refractivity contribution in [3.8, 4) is 5.69 Å². The Morgan fingerprint density at radius 3 is 2.73 bits per heavy atom. The topological polar surface area (TPSA) is 103 Å². The summed E-state index contributed by atoms with van der Waals surface area (Å²) in [5.41, 5.74) is 2.67. The molecule has 128 valence electrons. The second kappa shape index (κ2) is 6.93. The van der Waals surface area contributed by atoms with Gasteiger partial charge in [-0.05, 0) is 34.2 Å². The summed E-state index contributed by atoms with van der Waals surface area (Å²) in [7, 11) is 0. The van der Waals surface area contributed by atoms with E-state index < -0.39 is 0 Å². The minimum atomic E-state index is -0.335. The number of aromatic nitrogens is 7. The van der Waals surface area contributed by atoms with Crippen molar-refractivity contribution in [3.63, 3.8) is 0 Å². The molecule has 0 fully saturated rings. The lowest BCUT2D eigenvalue weighted by molar-refractivity contribution is 0.102. The van der Waals surface area contributed by atoms with Gasteiger partial charge in [0.05, 0.1) is 18.4 Å². The Bertz CT molecular complexity index is 1010. The van der Waals surface area contributed by atoms with Crippen molar-refractivity contribution in [3.05, 3.63) is 78.4 Å². The summed E-state index contributed by atoms with van der Waals surface area (Å²) in [4.78, 5) is 12.4. The zero-order chi connectivity index (χ0) is 17.8. The highest BCUT2D eigenvalue weighted by Gasteiger charge is 2.12. The van der Waals surface area contributed by atoms with Crippen LogP contribution in [0.2, 0.25) is 0 Å². The number of carbonyl (C=O) groups excluding carboxylic acids is 1. The average molecular weight is 346 g/mol. The van der Waals surface area contributed by atoms with Gasteiger partial charge in [0.25, 0.3) is 5.91 Å². The van der Waals surface area contributed by atoms with Crippen LogP contribution in [0.25, 0.3) is 5.69 Å². The predicted octanol–water partition coefficient (Wildman–Crippen LogP) is 1.55. The molecule has 26 heavy (non-hydrogen) atoms.